The summed E-state index contributed by atoms with van der Waals surface area (Å²) in [7, 11) is 1.73. The first kappa shape index (κ1) is 15.9. The summed E-state index contributed by atoms with van der Waals surface area (Å²) in [6.07, 6.45) is 17.0. The second-order valence-electron chi connectivity index (χ2n) is 8.75. The van der Waals surface area contributed by atoms with Crippen LogP contribution in [0.15, 0.2) is 23.8 Å². The molecule has 0 radical (unpaired) electrons. The molecule has 23 heavy (non-hydrogen) atoms. The van der Waals surface area contributed by atoms with Gasteiger partial charge in [-0.2, -0.15) is 0 Å². The van der Waals surface area contributed by atoms with Crippen molar-refractivity contribution in [2.45, 2.75) is 64.9 Å². The van der Waals surface area contributed by atoms with E-state index in [0.29, 0.717) is 23.7 Å². The van der Waals surface area contributed by atoms with E-state index in [2.05, 4.69) is 32.1 Å². The Labute approximate surface area is 141 Å². The summed E-state index contributed by atoms with van der Waals surface area (Å²) in [5, 5.41) is 0. The molecule has 2 heteroatoms. The highest BCUT2D eigenvalue weighted by Gasteiger charge is 2.58. The number of hydrogen-bond donors (Lipinski definition) is 0. The van der Waals surface area contributed by atoms with Gasteiger partial charge >= 0.3 is 0 Å². The lowest BCUT2D eigenvalue weighted by Gasteiger charge is -2.57. The van der Waals surface area contributed by atoms with E-state index in [1.54, 1.807) is 12.7 Å². The van der Waals surface area contributed by atoms with Gasteiger partial charge in [-0.1, -0.05) is 37.6 Å². The highest BCUT2D eigenvalue weighted by atomic mass is 16.7. The number of methoxy groups -OCH3 is 1. The van der Waals surface area contributed by atoms with Gasteiger partial charge in [0.05, 0.1) is 6.10 Å². The lowest BCUT2D eigenvalue weighted by Crippen LogP contribution is -2.50. The third kappa shape index (κ3) is 2.28. The minimum Gasteiger partial charge on any atom is -0.359 e. The van der Waals surface area contributed by atoms with Crippen molar-refractivity contribution in [2.75, 3.05) is 13.9 Å². The zero-order valence-corrected chi connectivity index (χ0v) is 15.0. The third-order valence-electron chi connectivity index (χ3n) is 7.91. The minimum atomic E-state index is 0.341. The summed E-state index contributed by atoms with van der Waals surface area (Å²) in [4.78, 5) is 0. The molecule has 4 aliphatic carbocycles. The Balaban J connectivity index is 1.59. The highest BCUT2D eigenvalue weighted by molar-refractivity contribution is 5.31. The van der Waals surface area contributed by atoms with E-state index in [9.17, 15) is 0 Å². The Morgan fingerprint density at radius 2 is 2.00 bits per heavy atom. The Kier molecular flexibility index (Phi) is 3.97. The monoisotopic (exact) mass is 316 g/mol. The van der Waals surface area contributed by atoms with Crippen molar-refractivity contribution in [1.29, 1.82) is 0 Å². The topological polar surface area (TPSA) is 18.5 Å². The quantitative estimate of drug-likeness (QED) is 0.532. The van der Waals surface area contributed by atoms with E-state index < -0.39 is 0 Å². The number of rotatable bonds is 3. The van der Waals surface area contributed by atoms with Crippen molar-refractivity contribution in [2.24, 2.45) is 28.6 Å². The van der Waals surface area contributed by atoms with Crippen LogP contribution in [-0.4, -0.2) is 20.0 Å². The van der Waals surface area contributed by atoms with Crippen LogP contribution in [0.3, 0.4) is 0 Å². The van der Waals surface area contributed by atoms with Crippen molar-refractivity contribution in [3.05, 3.63) is 23.8 Å². The first-order chi connectivity index (χ1) is 11.1. The van der Waals surface area contributed by atoms with Crippen molar-refractivity contribution < 1.29 is 9.47 Å². The largest absolute Gasteiger partial charge is 0.359 e. The van der Waals surface area contributed by atoms with Gasteiger partial charge in [-0.25, -0.2) is 0 Å². The van der Waals surface area contributed by atoms with E-state index >= 15 is 0 Å². The molecule has 0 aromatic rings. The summed E-state index contributed by atoms with van der Waals surface area (Å²) < 4.78 is 11.3. The van der Waals surface area contributed by atoms with Crippen LogP contribution in [0, 0.1) is 28.6 Å². The van der Waals surface area contributed by atoms with Crippen LogP contribution in [0.1, 0.15) is 58.8 Å². The standard InChI is InChI=1S/C21H32O2/c1-20-12-5-4-6-15(20)7-8-16-17-9-10-19(23-14-22-3)21(17,2)13-11-18(16)20/h5-6,12,16-19H,4,7-11,13-14H2,1-3H3/t16-,17-,18-,19-,20-,21-/m0/s1. The number of allylic oxidation sites excluding steroid dienone is 4. The molecule has 0 N–H and O–H groups in total. The Morgan fingerprint density at radius 1 is 1.13 bits per heavy atom. The summed E-state index contributed by atoms with van der Waals surface area (Å²) >= 11 is 0. The molecule has 3 fully saturated rings. The smallest absolute Gasteiger partial charge is 0.146 e. The lowest BCUT2D eigenvalue weighted by molar-refractivity contribution is -0.134. The molecule has 0 saturated heterocycles. The van der Waals surface area contributed by atoms with Gasteiger partial charge in [-0.15, -0.1) is 0 Å². The van der Waals surface area contributed by atoms with Gasteiger partial charge in [-0.3, -0.25) is 0 Å². The molecule has 0 unspecified atom stereocenters. The van der Waals surface area contributed by atoms with Crippen LogP contribution in [0.25, 0.3) is 0 Å². The van der Waals surface area contributed by atoms with Gasteiger partial charge < -0.3 is 9.47 Å². The van der Waals surface area contributed by atoms with Crippen LogP contribution >= 0.6 is 0 Å². The van der Waals surface area contributed by atoms with Crippen molar-refractivity contribution in [3.63, 3.8) is 0 Å². The molecule has 0 amide bonds. The summed E-state index contributed by atoms with van der Waals surface area (Å²) in [5.74, 6) is 2.57. The second kappa shape index (κ2) is 5.74. The maximum absolute atomic E-state index is 6.09. The van der Waals surface area contributed by atoms with Crippen LogP contribution in [0.4, 0.5) is 0 Å². The Hall–Kier alpha value is -0.600. The maximum Gasteiger partial charge on any atom is 0.146 e. The van der Waals surface area contributed by atoms with E-state index in [4.69, 9.17) is 9.47 Å². The Bertz CT molecular complexity index is 522. The highest BCUT2D eigenvalue weighted by Crippen LogP contribution is 2.64. The molecule has 0 aliphatic heterocycles. The minimum absolute atomic E-state index is 0.341. The molecule has 0 spiro atoms. The van der Waals surface area contributed by atoms with Gasteiger partial charge in [0.2, 0.25) is 0 Å². The van der Waals surface area contributed by atoms with Gasteiger partial charge in [0.1, 0.15) is 6.79 Å². The van der Waals surface area contributed by atoms with E-state index in [1.165, 1.54) is 38.5 Å². The average Bonchev–Trinajstić information content (AvgIpc) is 2.89. The van der Waals surface area contributed by atoms with Gasteiger partial charge in [0.15, 0.2) is 0 Å². The van der Waals surface area contributed by atoms with Crippen LogP contribution in [0.5, 0.6) is 0 Å². The summed E-state index contributed by atoms with van der Waals surface area (Å²) in [5.41, 5.74) is 2.44. The lowest BCUT2D eigenvalue weighted by atomic mass is 9.48. The molecule has 4 aliphatic rings. The molecular formula is C21H32O2. The molecule has 0 aromatic heterocycles. The maximum atomic E-state index is 6.09. The average molecular weight is 316 g/mol. The number of ether oxygens (including phenoxy) is 2. The van der Waals surface area contributed by atoms with Crippen molar-refractivity contribution >= 4 is 0 Å². The normalized spacial score (nSPS) is 48.4. The van der Waals surface area contributed by atoms with Crippen LogP contribution in [0.2, 0.25) is 0 Å². The van der Waals surface area contributed by atoms with E-state index in [1.807, 2.05) is 0 Å². The molecular weight excluding hydrogens is 284 g/mol. The van der Waals surface area contributed by atoms with Crippen molar-refractivity contribution in [1.82, 2.24) is 0 Å². The molecule has 3 saturated carbocycles. The fraction of sp³-hybridized carbons (Fsp3) is 0.810. The molecule has 2 nitrogen and oxygen atoms in total. The predicted molar refractivity (Wildman–Crippen MR) is 93.0 cm³/mol. The Morgan fingerprint density at radius 3 is 2.83 bits per heavy atom. The zero-order valence-electron chi connectivity index (χ0n) is 15.0. The molecule has 4 rings (SSSR count). The number of hydrogen-bond acceptors (Lipinski definition) is 2. The fourth-order valence-electron chi connectivity index (χ4n) is 6.72. The number of fused-ring (bicyclic) bond motifs is 5. The fourth-order valence-corrected chi connectivity index (χ4v) is 6.72. The van der Waals surface area contributed by atoms with E-state index in [0.717, 1.165) is 24.2 Å². The predicted octanol–water partition coefficient (Wildman–Crippen LogP) is 5.10. The zero-order chi connectivity index (χ0) is 16.1. The first-order valence-electron chi connectivity index (χ1n) is 9.57. The van der Waals surface area contributed by atoms with Crippen molar-refractivity contribution in [3.8, 4) is 0 Å². The van der Waals surface area contributed by atoms with E-state index in [-0.39, 0.29) is 0 Å². The summed E-state index contributed by atoms with van der Waals surface area (Å²) in [6.45, 7) is 5.47. The first-order valence-corrected chi connectivity index (χ1v) is 9.57. The molecule has 6 atom stereocenters. The third-order valence-corrected chi connectivity index (χ3v) is 7.91. The van der Waals surface area contributed by atoms with Crippen LogP contribution in [-0.2, 0) is 9.47 Å². The molecule has 0 bridgehead atoms. The summed E-state index contributed by atoms with van der Waals surface area (Å²) in [6, 6.07) is 0. The molecule has 0 heterocycles. The van der Waals surface area contributed by atoms with Gasteiger partial charge in [0, 0.05) is 12.5 Å². The molecule has 0 aromatic carbocycles. The second-order valence-corrected chi connectivity index (χ2v) is 8.75. The SMILES string of the molecule is COCO[C@H]1CC[C@H]2[C@@H]3CCC4=CCC=C[C@]4(C)[C@H]3CC[C@]12C. The molecule has 128 valence electrons. The van der Waals surface area contributed by atoms with Gasteiger partial charge in [0.25, 0.3) is 0 Å². The van der Waals surface area contributed by atoms with Gasteiger partial charge in [-0.05, 0) is 68.1 Å². The van der Waals surface area contributed by atoms with Crippen LogP contribution < -0.4 is 0 Å².